The minimum Gasteiger partial charge on any atom is -0.486 e. The smallest absolute Gasteiger partial charge is 0.161 e. The Morgan fingerprint density at radius 3 is 2.44 bits per heavy atom. The molecule has 16 heavy (non-hydrogen) atoms. The van der Waals surface area contributed by atoms with Gasteiger partial charge in [-0.1, -0.05) is 19.9 Å². The summed E-state index contributed by atoms with van der Waals surface area (Å²) in [6.07, 6.45) is 0. The Labute approximate surface area is 96.8 Å². The molecule has 1 aromatic rings. The molecule has 0 saturated carbocycles. The highest BCUT2D eigenvalue weighted by Crippen LogP contribution is 2.32. The van der Waals surface area contributed by atoms with Crippen LogP contribution < -0.4 is 14.8 Å². The van der Waals surface area contributed by atoms with Gasteiger partial charge in [-0.3, -0.25) is 0 Å². The van der Waals surface area contributed by atoms with E-state index in [1.54, 1.807) is 0 Å². The van der Waals surface area contributed by atoms with Gasteiger partial charge in [0.15, 0.2) is 11.5 Å². The molecule has 0 bridgehead atoms. The van der Waals surface area contributed by atoms with Gasteiger partial charge in [-0.15, -0.1) is 0 Å². The Hall–Kier alpha value is -1.22. The van der Waals surface area contributed by atoms with Crippen LogP contribution in [0.3, 0.4) is 0 Å². The van der Waals surface area contributed by atoms with Crippen LogP contribution in [0.4, 0.5) is 0 Å². The normalized spacial score (nSPS) is 16.2. The second-order valence-corrected chi connectivity index (χ2v) is 4.45. The van der Waals surface area contributed by atoms with Crippen molar-refractivity contribution in [2.75, 3.05) is 13.2 Å². The number of ether oxygens (including phenoxy) is 2. The first-order valence-corrected chi connectivity index (χ1v) is 5.82. The molecular weight excluding hydrogens is 202 g/mol. The summed E-state index contributed by atoms with van der Waals surface area (Å²) < 4.78 is 11.1. The predicted octanol–water partition coefficient (Wildman–Crippen LogP) is 2.52. The fourth-order valence-electron chi connectivity index (χ4n) is 1.93. The van der Waals surface area contributed by atoms with Gasteiger partial charge in [0.2, 0.25) is 0 Å². The van der Waals surface area contributed by atoms with E-state index in [-0.39, 0.29) is 0 Å². The van der Waals surface area contributed by atoms with Crippen LogP contribution in [0, 0.1) is 0 Å². The lowest BCUT2D eigenvalue weighted by Gasteiger charge is -2.22. The minimum absolute atomic E-state index is 0.329. The fraction of sp³-hybridized carbons (Fsp3) is 0.538. The molecule has 0 radical (unpaired) electrons. The summed E-state index contributed by atoms with van der Waals surface area (Å²) in [5.74, 6) is 1.72. The van der Waals surface area contributed by atoms with Gasteiger partial charge in [-0.05, 0) is 24.6 Å². The topological polar surface area (TPSA) is 30.5 Å². The highest BCUT2D eigenvalue weighted by atomic mass is 16.6. The van der Waals surface area contributed by atoms with Crippen molar-refractivity contribution in [3.63, 3.8) is 0 Å². The zero-order valence-corrected chi connectivity index (χ0v) is 10.1. The zero-order chi connectivity index (χ0) is 11.5. The van der Waals surface area contributed by atoms with E-state index in [2.05, 4.69) is 38.2 Å². The largest absolute Gasteiger partial charge is 0.486 e. The molecule has 1 atom stereocenters. The third-order valence-electron chi connectivity index (χ3n) is 2.65. The van der Waals surface area contributed by atoms with Gasteiger partial charge in [0.05, 0.1) is 0 Å². The van der Waals surface area contributed by atoms with Crippen LogP contribution in [0.1, 0.15) is 32.4 Å². The van der Waals surface area contributed by atoms with Crippen molar-refractivity contribution in [1.82, 2.24) is 5.32 Å². The molecular formula is C13H19NO2. The van der Waals surface area contributed by atoms with Crippen LogP contribution in [-0.2, 0) is 0 Å². The van der Waals surface area contributed by atoms with E-state index in [4.69, 9.17) is 9.47 Å². The molecule has 0 amide bonds. The molecule has 1 N–H and O–H groups in total. The monoisotopic (exact) mass is 221 g/mol. The first-order chi connectivity index (χ1) is 7.66. The maximum absolute atomic E-state index is 5.57. The minimum atomic E-state index is 0.329. The Morgan fingerprint density at radius 1 is 1.06 bits per heavy atom. The van der Waals surface area contributed by atoms with Gasteiger partial charge in [0.1, 0.15) is 13.2 Å². The summed E-state index contributed by atoms with van der Waals surface area (Å²) in [4.78, 5) is 0. The summed E-state index contributed by atoms with van der Waals surface area (Å²) in [5.41, 5.74) is 1.23. The molecule has 1 aliphatic heterocycles. The lowest BCUT2D eigenvalue weighted by atomic mass is 10.1. The summed E-state index contributed by atoms with van der Waals surface area (Å²) in [6, 6.07) is 6.95. The molecule has 1 aromatic carbocycles. The Balaban J connectivity index is 2.16. The SMILES string of the molecule is CC(C)NC(C)c1ccc2c(c1)OCCO2. The van der Waals surface area contributed by atoms with E-state index < -0.39 is 0 Å². The van der Waals surface area contributed by atoms with Gasteiger partial charge < -0.3 is 14.8 Å². The van der Waals surface area contributed by atoms with Crippen LogP contribution in [-0.4, -0.2) is 19.3 Å². The van der Waals surface area contributed by atoms with E-state index in [0.717, 1.165) is 11.5 Å². The van der Waals surface area contributed by atoms with Gasteiger partial charge >= 0.3 is 0 Å². The first kappa shape index (κ1) is 11.3. The highest BCUT2D eigenvalue weighted by Gasteiger charge is 2.14. The number of nitrogens with one attached hydrogen (secondary N) is 1. The van der Waals surface area contributed by atoms with Gasteiger partial charge in [0, 0.05) is 12.1 Å². The standard InChI is InChI=1S/C13H19NO2/c1-9(2)14-10(3)11-4-5-12-13(8-11)16-7-6-15-12/h4-5,8-10,14H,6-7H2,1-3H3. The molecule has 0 aliphatic carbocycles. The molecule has 3 nitrogen and oxygen atoms in total. The summed E-state index contributed by atoms with van der Waals surface area (Å²) in [5, 5.41) is 3.47. The molecule has 0 aromatic heterocycles. The number of fused-ring (bicyclic) bond motifs is 1. The zero-order valence-electron chi connectivity index (χ0n) is 10.1. The van der Waals surface area contributed by atoms with Crippen molar-refractivity contribution in [1.29, 1.82) is 0 Å². The average Bonchev–Trinajstić information content (AvgIpc) is 2.27. The molecule has 0 fully saturated rings. The van der Waals surface area contributed by atoms with Crippen molar-refractivity contribution >= 4 is 0 Å². The maximum Gasteiger partial charge on any atom is 0.161 e. The first-order valence-electron chi connectivity index (χ1n) is 5.82. The summed E-state index contributed by atoms with van der Waals surface area (Å²) >= 11 is 0. The molecule has 1 heterocycles. The summed E-state index contributed by atoms with van der Waals surface area (Å²) in [6.45, 7) is 7.74. The van der Waals surface area contributed by atoms with Crippen LogP contribution in [0.25, 0.3) is 0 Å². The predicted molar refractivity (Wildman–Crippen MR) is 64.1 cm³/mol. The number of hydrogen-bond acceptors (Lipinski definition) is 3. The third-order valence-corrected chi connectivity index (χ3v) is 2.65. The van der Waals surface area contributed by atoms with Gasteiger partial charge in [-0.25, -0.2) is 0 Å². The molecule has 0 saturated heterocycles. The number of benzene rings is 1. The molecule has 1 aliphatic rings. The Morgan fingerprint density at radius 2 is 1.75 bits per heavy atom. The van der Waals surface area contributed by atoms with E-state index in [0.29, 0.717) is 25.3 Å². The van der Waals surface area contributed by atoms with Crippen molar-refractivity contribution in [3.05, 3.63) is 23.8 Å². The van der Waals surface area contributed by atoms with Gasteiger partial charge in [0.25, 0.3) is 0 Å². The Kier molecular flexibility index (Phi) is 3.34. The van der Waals surface area contributed by atoms with Crippen molar-refractivity contribution in [2.45, 2.75) is 32.9 Å². The number of hydrogen-bond donors (Lipinski definition) is 1. The van der Waals surface area contributed by atoms with E-state index >= 15 is 0 Å². The summed E-state index contributed by atoms with van der Waals surface area (Å²) in [7, 11) is 0. The van der Waals surface area contributed by atoms with E-state index in [1.165, 1.54) is 5.56 Å². The van der Waals surface area contributed by atoms with Crippen molar-refractivity contribution in [2.24, 2.45) is 0 Å². The van der Waals surface area contributed by atoms with E-state index in [9.17, 15) is 0 Å². The van der Waals surface area contributed by atoms with Crippen LogP contribution >= 0.6 is 0 Å². The highest BCUT2D eigenvalue weighted by molar-refractivity contribution is 5.44. The van der Waals surface area contributed by atoms with Crippen molar-refractivity contribution in [3.8, 4) is 11.5 Å². The van der Waals surface area contributed by atoms with Crippen LogP contribution in [0.5, 0.6) is 11.5 Å². The van der Waals surface area contributed by atoms with Crippen LogP contribution in [0.15, 0.2) is 18.2 Å². The van der Waals surface area contributed by atoms with Gasteiger partial charge in [-0.2, -0.15) is 0 Å². The molecule has 3 heteroatoms. The second kappa shape index (κ2) is 4.74. The third kappa shape index (κ3) is 2.47. The lowest BCUT2D eigenvalue weighted by Crippen LogP contribution is -2.26. The lowest BCUT2D eigenvalue weighted by molar-refractivity contribution is 0.171. The van der Waals surface area contributed by atoms with E-state index in [1.807, 2.05) is 6.07 Å². The molecule has 88 valence electrons. The maximum atomic E-state index is 5.57. The Bertz CT molecular complexity index is 363. The molecule has 2 rings (SSSR count). The number of rotatable bonds is 3. The average molecular weight is 221 g/mol. The fourth-order valence-corrected chi connectivity index (χ4v) is 1.93. The second-order valence-electron chi connectivity index (χ2n) is 4.45. The quantitative estimate of drug-likeness (QED) is 0.850. The van der Waals surface area contributed by atoms with Crippen LogP contribution in [0.2, 0.25) is 0 Å². The molecule has 0 spiro atoms. The van der Waals surface area contributed by atoms with Crippen molar-refractivity contribution < 1.29 is 9.47 Å². The molecule has 1 unspecified atom stereocenters.